The molecule has 1 amide bonds. The second-order valence-corrected chi connectivity index (χ2v) is 4.90. The maximum Gasteiger partial charge on any atom is 0.276 e. The Hall–Kier alpha value is -1.80. The monoisotopic (exact) mass is 299 g/mol. The summed E-state index contributed by atoms with van der Waals surface area (Å²) in [6.07, 6.45) is -0.0787. The lowest BCUT2D eigenvalue weighted by Crippen LogP contribution is -2.15. The van der Waals surface area contributed by atoms with Gasteiger partial charge in [-0.15, -0.1) is 10.2 Å². The van der Waals surface area contributed by atoms with E-state index >= 15 is 0 Å². The second kappa shape index (κ2) is 5.89. The van der Waals surface area contributed by atoms with Crippen LogP contribution in [0.1, 0.15) is 24.3 Å². The molecule has 0 fully saturated rings. The van der Waals surface area contributed by atoms with Crippen LogP contribution in [0, 0.1) is 0 Å². The standard InChI is InChI=1S/C10H10ClN5O2S/c1-5(2)18-7-3-6(13-9(11)14-7)8(17)15-10-16-12-4-19-10/h3-5H,1-2H3,(H,15,16,17). The maximum atomic E-state index is 11.9. The van der Waals surface area contributed by atoms with Crippen LogP contribution in [-0.4, -0.2) is 32.2 Å². The highest BCUT2D eigenvalue weighted by Gasteiger charge is 2.14. The third kappa shape index (κ3) is 3.83. The number of carbonyl (C=O) groups excluding carboxylic acids is 1. The number of carbonyl (C=O) groups is 1. The molecule has 0 unspecified atom stereocenters. The molecule has 100 valence electrons. The van der Waals surface area contributed by atoms with Crippen molar-refractivity contribution in [3.05, 3.63) is 22.6 Å². The normalized spacial score (nSPS) is 10.5. The van der Waals surface area contributed by atoms with Gasteiger partial charge in [0.1, 0.15) is 11.2 Å². The first-order valence-electron chi connectivity index (χ1n) is 5.33. The summed E-state index contributed by atoms with van der Waals surface area (Å²) < 4.78 is 5.38. The van der Waals surface area contributed by atoms with Gasteiger partial charge in [0.25, 0.3) is 5.91 Å². The van der Waals surface area contributed by atoms with Crippen molar-refractivity contribution < 1.29 is 9.53 Å². The summed E-state index contributed by atoms with van der Waals surface area (Å²) in [6, 6.07) is 1.42. The fraction of sp³-hybridized carbons (Fsp3) is 0.300. The second-order valence-electron chi connectivity index (χ2n) is 3.73. The number of nitrogens with one attached hydrogen (secondary N) is 1. The van der Waals surface area contributed by atoms with Crippen LogP contribution in [-0.2, 0) is 0 Å². The van der Waals surface area contributed by atoms with E-state index in [4.69, 9.17) is 16.3 Å². The Labute approximate surface area is 118 Å². The molecule has 0 radical (unpaired) electrons. The molecule has 2 aromatic heterocycles. The molecule has 0 atom stereocenters. The molecule has 0 saturated heterocycles. The van der Waals surface area contributed by atoms with Crippen molar-refractivity contribution in [1.82, 2.24) is 20.2 Å². The number of halogens is 1. The van der Waals surface area contributed by atoms with Gasteiger partial charge in [-0.25, -0.2) is 4.98 Å². The topological polar surface area (TPSA) is 89.9 Å². The lowest BCUT2D eigenvalue weighted by Gasteiger charge is -2.09. The van der Waals surface area contributed by atoms with Crippen molar-refractivity contribution in [1.29, 1.82) is 0 Å². The van der Waals surface area contributed by atoms with Crippen molar-refractivity contribution in [2.45, 2.75) is 20.0 Å². The summed E-state index contributed by atoms with van der Waals surface area (Å²) in [5, 5.41) is 10.2. The van der Waals surface area contributed by atoms with Crippen molar-refractivity contribution in [2.75, 3.05) is 5.32 Å². The number of anilines is 1. The van der Waals surface area contributed by atoms with Gasteiger partial charge in [-0.05, 0) is 25.4 Å². The molecule has 0 saturated carbocycles. The minimum atomic E-state index is -0.449. The SMILES string of the molecule is CC(C)Oc1cc(C(=O)Nc2nncs2)nc(Cl)n1. The number of hydrogen-bond acceptors (Lipinski definition) is 7. The highest BCUT2D eigenvalue weighted by Crippen LogP contribution is 2.16. The zero-order chi connectivity index (χ0) is 13.8. The van der Waals surface area contributed by atoms with Crippen molar-refractivity contribution in [3.63, 3.8) is 0 Å². The Morgan fingerprint density at radius 3 is 2.89 bits per heavy atom. The molecule has 1 N–H and O–H groups in total. The van der Waals surface area contributed by atoms with Crippen molar-refractivity contribution in [3.8, 4) is 5.88 Å². The molecule has 2 heterocycles. The molecule has 19 heavy (non-hydrogen) atoms. The largest absolute Gasteiger partial charge is 0.475 e. The zero-order valence-corrected chi connectivity index (χ0v) is 11.7. The molecule has 0 aliphatic heterocycles. The van der Waals surface area contributed by atoms with E-state index in [1.54, 1.807) is 0 Å². The van der Waals surface area contributed by atoms with Crippen LogP contribution in [0.5, 0.6) is 5.88 Å². The first-order chi connectivity index (χ1) is 9.04. The molecule has 2 rings (SSSR count). The van der Waals surface area contributed by atoms with E-state index in [0.29, 0.717) is 5.13 Å². The number of hydrogen-bond donors (Lipinski definition) is 1. The predicted octanol–water partition coefficient (Wildman–Crippen LogP) is 2.02. The lowest BCUT2D eigenvalue weighted by molar-refractivity contribution is 0.102. The van der Waals surface area contributed by atoms with Gasteiger partial charge in [0, 0.05) is 6.07 Å². The summed E-state index contributed by atoms with van der Waals surface area (Å²) in [6.45, 7) is 3.69. The fourth-order valence-electron chi connectivity index (χ4n) is 1.20. The molecular weight excluding hydrogens is 290 g/mol. The number of aromatic nitrogens is 4. The van der Waals surface area contributed by atoms with Crippen LogP contribution in [0.3, 0.4) is 0 Å². The van der Waals surface area contributed by atoms with E-state index in [9.17, 15) is 4.79 Å². The maximum absolute atomic E-state index is 11.9. The summed E-state index contributed by atoms with van der Waals surface area (Å²) >= 11 is 6.95. The summed E-state index contributed by atoms with van der Waals surface area (Å²) in [5.41, 5.74) is 1.61. The highest BCUT2D eigenvalue weighted by atomic mass is 35.5. The third-order valence-electron chi connectivity index (χ3n) is 1.84. The fourth-order valence-corrected chi connectivity index (χ4v) is 1.82. The Bertz CT molecular complexity index is 575. The minimum Gasteiger partial charge on any atom is -0.475 e. The minimum absolute atomic E-state index is 0.0550. The van der Waals surface area contributed by atoms with Crippen LogP contribution in [0.2, 0.25) is 5.28 Å². The average molecular weight is 300 g/mol. The molecule has 0 aliphatic rings. The number of ether oxygens (including phenoxy) is 1. The van der Waals surface area contributed by atoms with Crippen molar-refractivity contribution >= 4 is 34.0 Å². The summed E-state index contributed by atoms with van der Waals surface area (Å²) in [7, 11) is 0. The van der Waals surface area contributed by atoms with Crippen LogP contribution in [0.4, 0.5) is 5.13 Å². The van der Waals surface area contributed by atoms with Gasteiger partial charge in [-0.1, -0.05) is 11.3 Å². The number of nitrogens with zero attached hydrogens (tertiary/aromatic N) is 4. The first-order valence-corrected chi connectivity index (χ1v) is 6.59. The summed E-state index contributed by atoms with van der Waals surface area (Å²) in [4.78, 5) is 19.6. The smallest absolute Gasteiger partial charge is 0.276 e. The Morgan fingerprint density at radius 2 is 2.26 bits per heavy atom. The number of amides is 1. The van der Waals surface area contributed by atoms with Crippen LogP contribution < -0.4 is 10.1 Å². The van der Waals surface area contributed by atoms with Gasteiger partial charge in [-0.3, -0.25) is 10.1 Å². The zero-order valence-electron chi connectivity index (χ0n) is 10.1. The highest BCUT2D eigenvalue weighted by molar-refractivity contribution is 7.13. The lowest BCUT2D eigenvalue weighted by atomic mass is 10.4. The van der Waals surface area contributed by atoms with Crippen LogP contribution in [0.25, 0.3) is 0 Å². The van der Waals surface area contributed by atoms with Crippen LogP contribution >= 0.6 is 22.9 Å². The van der Waals surface area contributed by atoms with E-state index in [-0.39, 0.29) is 23.0 Å². The Kier molecular flexibility index (Phi) is 4.23. The molecule has 2 aromatic rings. The third-order valence-corrected chi connectivity index (χ3v) is 2.62. The Balaban J connectivity index is 2.19. The molecule has 9 heteroatoms. The first kappa shape index (κ1) is 13.6. The molecule has 0 spiro atoms. The van der Waals surface area contributed by atoms with Gasteiger partial charge < -0.3 is 4.74 Å². The van der Waals surface area contributed by atoms with E-state index in [1.807, 2.05) is 13.8 Å². The van der Waals surface area contributed by atoms with E-state index < -0.39 is 5.91 Å². The average Bonchev–Trinajstić information content (AvgIpc) is 2.80. The van der Waals surface area contributed by atoms with Crippen molar-refractivity contribution in [2.24, 2.45) is 0 Å². The van der Waals surface area contributed by atoms with E-state index in [2.05, 4.69) is 25.5 Å². The number of rotatable bonds is 4. The quantitative estimate of drug-likeness (QED) is 0.869. The predicted molar refractivity (Wildman–Crippen MR) is 70.7 cm³/mol. The van der Waals surface area contributed by atoms with Gasteiger partial charge in [0.2, 0.25) is 16.3 Å². The molecule has 0 aromatic carbocycles. The van der Waals surface area contributed by atoms with Gasteiger partial charge in [0.05, 0.1) is 6.10 Å². The van der Waals surface area contributed by atoms with E-state index in [1.165, 1.54) is 22.9 Å². The molecule has 0 bridgehead atoms. The van der Waals surface area contributed by atoms with Gasteiger partial charge in [-0.2, -0.15) is 4.98 Å². The molecule has 7 nitrogen and oxygen atoms in total. The summed E-state index contributed by atoms with van der Waals surface area (Å²) in [5.74, 6) is -0.202. The molecular formula is C10H10ClN5O2S. The van der Waals surface area contributed by atoms with E-state index in [0.717, 1.165) is 0 Å². The molecule has 0 aliphatic carbocycles. The van der Waals surface area contributed by atoms with Gasteiger partial charge in [0.15, 0.2) is 0 Å². The van der Waals surface area contributed by atoms with Gasteiger partial charge >= 0.3 is 0 Å². The van der Waals surface area contributed by atoms with Crippen LogP contribution in [0.15, 0.2) is 11.6 Å². The Morgan fingerprint density at radius 1 is 1.47 bits per heavy atom.